The Kier molecular flexibility index (Phi) is 3.03. The summed E-state index contributed by atoms with van der Waals surface area (Å²) in [4.78, 5) is 13.7. The second kappa shape index (κ2) is 4.91. The van der Waals surface area contributed by atoms with Gasteiger partial charge in [-0.15, -0.1) is 0 Å². The Bertz CT molecular complexity index is 692. The molecular formula is C16H19FN4. The number of fused-ring (bicyclic) bond motifs is 2. The molecule has 1 aliphatic carbocycles. The minimum Gasteiger partial charge on any atom is -0.367 e. The van der Waals surface area contributed by atoms with Crippen LogP contribution in [-0.2, 0) is 12.8 Å². The van der Waals surface area contributed by atoms with Crippen molar-refractivity contribution in [1.29, 1.82) is 0 Å². The molecule has 2 aliphatic rings. The van der Waals surface area contributed by atoms with E-state index < -0.39 is 0 Å². The van der Waals surface area contributed by atoms with E-state index in [0.717, 1.165) is 62.3 Å². The van der Waals surface area contributed by atoms with E-state index in [1.54, 1.807) is 6.07 Å². The van der Waals surface area contributed by atoms with Crippen LogP contribution in [0.3, 0.4) is 0 Å². The number of piperazine rings is 1. The summed E-state index contributed by atoms with van der Waals surface area (Å²) in [5, 5.41) is 0. The van der Waals surface area contributed by atoms with E-state index in [1.807, 2.05) is 6.07 Å². The van der Waals surface area contributed by atoms with Gasteiger partial charge in [-0.1, -0.05) is 0 Å². The molecule has 0 N–H and O–H groups in total. The van der Waals surface area contributed by atoms with Crippen LogP contribution in [0, 0.1) is 5.82 Å². The second-order valence-corrected chi connectivity index (χ2v) is 6.05. The lowest BCUT2D eigenvalue weighted by atomic mass is 10.2. The number of nitrogens with zero attached hydrogens (tertiary/aromatic N) is 4. The lowest BCUT2D eigenvalue weighted by Crippen LogP contribution is -2.44. The molecule has 5 heteroatoms. The number of rotatable bonds is 1. The summed E-state index contributed by atoms with van der Waals surface area (Å²) in [5.74, 6) is -0.181. The summed E-state index contributed by atoms with van der Waals surface area (Å²) in [5.41, 5.74) is 4.33. The number of hydrogen-bond donors (Lipinski definition) is 0. The Labute approximate surface area is 123 Å². The van der Waals surface area contributed by atoms with Crippen molar-refractivity contribution in [1.82, 2.24) is 14.9 Å². The van der Waals surface area contributed by atoms with E-state index in [-0.39, 0.29) is 5.82 Å². The minimum absolute atomic E-state index is 0.181. The number of likely N-dealkylation sites (N-methyl/N-ethyl adjacent to an activating group) is 1. The smallest absolute Gasteiger partial charge is 0.148 e. The van der Waals surface area contributed by atoms with Crippen molar-refractivity contribution >= 4 is 16.7 Å². The Hall–Kier alpha value is -1.75. The lowest BCUT2D eigenvalue weighted by Gasteiger charge is -2.34. The largest absolute Gasteiger partial charge is 0.367 e. The Morgan fingerprint density at radius 1 is 0.952 bits per heavy atom. The summed E-state index contributed by atoms with van der Waals surface area (Å²) in [7, 11) is 2.10. The Balaban J connectivity index is 1.76. The number of halogens is 1. The third kappa shape index (κ3) is 2.25. The van der Waals surface area contributed by atoms with E-state index in [4.69, 9.17) is 4.98 Å². The normalized spacial score (nSPS) is 19.2. The van der Waals surface area contributed by atoms with Gasteiger partial charge in [-0.3, -0.25) is 0 Å². The number of benzene rings is 1. The highest BCUT2D eigenvalue weighted by Crippen LogP contribution is 2.28. The molecule has 0 atom stereocenters. The fourth-order valence-electron chi connectivity index (χ4n) is 3.25. The van der Waals surface area contributed by atoms with Crippen LogP contribution in [0.15, 0.2) is 12.1 Å². The fraction of sp³-hybridized carbons (Fsp3) is 0.500. The van der Waals surface area contributed by atoms with Gasteiger partial charge in [0.1, 0.15) is 5.82 Å². The van der Waals surface area contributed by atoms with Crippen molar-refractivity contribution in [3.05, 3.63) is 29.3 Å². The van der Waals surface area contributed by atoms with Crippen LogP contribution >= 0.6 is 0 Å². The minimum atomic E-state index is -0.181. The van der Waals surface area contributed by atoms with E-state index in [1.165, 1.54) is 0 Å². The van der Waals surface area contributed by atoms with Crippen molar-refractivity contribution in [3.63, 3.8) is 0 Å². The molecule has 110 valence electrons. The third-order valence-electron chi connectivity index (χ3n) is 4.56. The van der Waals surface area contributed by atoms with Gasteiger partial charge in [0.05, 0.1) is 28.1 Å². The first-order chi connectivity index (χ1) is 10.2. The average molecular weight is 286 g/mol. The number of aryl methyl sites for hydroxylation is 2. The maximum Gasteiger partial charge on any atom is 0.148 e. The third-order valence-corrected chi connectivity index (χ3v) is 4.56. The molecule has 1 aliphatic heterocycles. The molecule has 0 unspecified atom stereocenters. The SMILES string of the molecule is CN1CCN(c2cc3nc4c(nc3cc2F)CCC4)CC1. The Morgan fingerprint density at radius 2 is 1.57 bits per heavy atom. The summed E-state index contributed by atoms with van der Waals surface area (Å²) in [6.45, 7) is 3.65. The van der Waals surface area contributed by atoms with E-state index >= 15 is 0 Å². The molecule has 1 aromatic heterocycles. The van der Waals surface area contributed by atoms with Crippen molar-refractivity contribution in [2.75, 3.05) is 38.1 Å². The first-order valence-electron chi connectivity index (χ1n) is 7.63. The van der Waals surface area contributed by atoms with Crippen LogP contribution < -0.4 is 4.90 Å². The molecule has 1 fully saturated rings. The second-order valence-electron chi connectivity index (χ2n) is 6.05. The topological polar surface area (TPSA) is 32.3 Å². The van der Waals surface area contributed by atoms with Gasteiger partial charge in [0.2, 0.25) is 0 Å². The van der Waals surface area contributed by atoms with Crippen molar-refractivity contribution in [2.24, 2.45) is 0 Å². The summed E-state index contributed by atoms with van der Waals surface area (Å²) >= 11 is 0. The number of anilines is 1. The van der Waals surface area contributed by atoms with Gasteiger partial charge in [0.15, 0.2) is 0 Å². The van der Waals surface area contributed by atoms with Crippen molar-refractivity contribution in [3.8, 4) is 0 Å². The van der Waals surface area contributed by atoms with Gasteiger partial charge >= 0.3 is 0 Å². The summed E-state index contributed by atoms with van der Waals surface area (Å²) in [6, 6.07) is 3.43. The van der Waals surface area contributed by atoms with Crippen LogP contribution in [-0.4, -0.2) is 48.1 Å². The van der Waals surface area contributed by atoms with Gasteiger partial charge in [-0.25, -0.2) is 14.4 Å². The quantitative estimate of drug-likeness (QED) is 0.803. The molecule has 1 aromatic carbocycles. The van der Waals surface area contributed by atoms with Crippen LogP contribution in [0.2, 0.25) is 0 Å². The highest BCUT2D eigenvalue weighted by Gasteiger charge is 2.20. The number of aromatic nitrogens is 2. The predicted molar refractivity (Wildman–Crippen MR) is 81.2 cm³/mol. The van der Waals surface area contributed by atoms with Gasteiger partial charge in [0, 0.05) is 32.2 Å². The highest BCUT2D eigenvalue weighted by atomic mass is 19.1. The molecule has 2 heterocycles. The Morgan fingerprint density at radius 3 is 2.24 bits per heavy atom. The molecule has 1 saturated heterocycles. The summed E-state index contributed by atoms with van der Waals surface area (Å²) in [6.07, 6.45) is 3.08. The van der Waals surface area contributed by atoms with Crippen LogP contribution in [0.25, 0.3) is 11.0 Å². The zero-order chi connectivity index (χ0) is 14.4. The molecule has 0 spiro atoms. The first-order valence-corrected chi connectivity index (χ1v) is 7.63. The van der Waals surface area contributed by atoms with Gasteiger partial charge in [-0.2, -0.15) is 0 Å². The summed E-state index contributed by atoms with van der Waals surface area (Å²) < 4.78 is 14.4. The van der Waals surface area contributed by atoms with Crippen molar-refractivity contribution < 1.29 is 4.39 Å². The molecular weight excluding hydrogens is 267 g/mol. The molecule has 4 nitrogen and oxygen atoms in total. The average Bonchev–Trinajstić information content (AvgIpc) is 2.92. The van der Waals surface area contributed by atoms with Gasteiger partial charge < -0.3 is 9.80 Å². The monoisotopic (exact) mass is 286 g/mol. The zero-order valence-electron chi connectivity index (χ0n) is 12.3. The maximum atomic E-state index is 14.4. The molecule has 0 radical (unpaired) electrons. The standard InChI is InChI=1S/C16H19FN4/c1-20-5-7-21(8-6-20)16-10-15-14(9-11(16)17)18-12-3-2-4-13(12)19-15/h9-10H,2-8H2,1H3. The fourth-order valence-corrected chi connectivity index (χ4v) is 3.25. The molecule has 4 rings (SSSR count). The maximum absolute atomic E-state index is 14.4. The van der Waals surface area contributed by atoms with Gasteiger partial charge in [0.25, 0.3) is 0 Å². The molecule has 2 aromatic rings. The van der Waals surface area contributed by atoms with E-state index in [2.05, 4.69) is 21.8 Å². The lowest BCUT2D eigenvalue weighted by molar-refractivity contribution is 0.312. The van der Waals surface area contributed by atoms with Crippen molar-refractivity contribution in [2.45, 2.75) is 19.3 Å². The number of hydrogen-bond acceptors (Lipinski definition) is 4. The highest BCUT2D eigenvalue weighted by molar-refractivity contribution is 5.80. The van der Waals surface area contributed by atoms with E-state index in [0.29, 0.717) is 11.2 Å². The zero-order valence-corrected chi connectivity index (χ0v) is 12.3. The van der Waals surface area contributed by atoms with E-state index in [9.17, 15) is 4.39 Å². The molecule has 21 heavy (non-hydrogen) atoms. The molecule has 0 saturated carbocycles. The van der Waals surface area contributed by atoms with Crippen LogP contribution in [0.4, 0.5) is 10.1 Å². The van der Waals surface area contributed by atoms with Crippen LogP contribution in [0.1, 0.15) is 17.8 Å². The molecule has 0 bridgehead atoms. The first kappa shape index (κ1) is 13.0. The molecule has 0 amide bonds. The van der Waals surface area contributed by atoms with Crippen LogP contribution in [0.5, 0.6) is 0 Å². The predicted octanol–water partition coefficient (Wildman–Crippen LogP) is 2.01. The van der Waals surface area contributed by atoms with Gasteiger partial charge in [-0.05, 0) is 32.4 Å².